The second kappa shape index (κ2) is 12.7. The molecular weight excluding hydrogens is 484 g/mol. The Morgan fingerprint density at radius 3 is 2.41 bits per heavy atom. The van der Waals surface area contributed by atoms with Gasteiger partial charge in [-0.05, 0) is 110 Å². The molecule has 3 unspecified atom stereocenters. The van der Waals surface area contributed by atoms with Crippen LogP contribution in [0.1, 0.15) is 131 Å². The quantitative estimate of drug-likeness (QED) is 0.193. The molecule has 0 aromatic carbocycles. The lowest BCUT2D eigenvalue weighted by atomic mass is 9.47. The molecule has 222 valence electrons. The average molecular weight is 543 g/mol. The normalized spacial score (nSPS) is 37.2. The summed E-state index contributed by atoms with van der Waals surface area (Å²) in [6.07, 6.45) is 17.6. The van der Waals surface area contributed by atoms with Gasteiger partial charge >= 0.3 is 11.9 Å². The lowest BCUT2D eigenvalue weighted by Crippen LogP contribution is -2.51. The number of esters is 2. The molecule has 4 nitrogen and oxygen atoms in total. The van der Waals surface area contributed by atoms with Gasteiger partial charge in [0.1, 0.15) is 6.10 Å². The topological polar surface area (TPSA) is 52.6 Å². The molecule has 0 saturated heterocycles. The molecule has 9 atom stereocenters. The second-order valence-corrected chi connectivity index (χ2v) is 14.7. The summed E-state index contributed by atoms with van der Waals surface area (Å²) in [6.45, 7) is 15.0. The zero-order chi connectivity index (χ0) is 28.4. The minimum Gasteiger partial charge on any atom is -0.469 e. The highest BCUT2D eigenvalue weighted by Crippen LogP contribution is 2.67. The highest BCUT2D eigenvalue weighted by molar-refractivity contribution is 5.72. The van der Waals surface area contributed by atoms with Gasteiger partial charge in [0.25, 0.3) is 0 Å². The molecule has 39 heavy (non-hydrogen) atoms. The maximum absolute atomic E-state index is 12.4. The Labute approximate surface area is 239 Å². The molecule has 4 rings (SSSR count). The van der Waals surface area contributed by atoms with E-state index < -0.39 is 0 Å². The van der Waals surface area contributed by atoms with Crippen molar-refractivity contribution < 1.29 is 19.1 Å². The van der Waals surface area contributed by atoms with E-state index in [0.29, 0.717) is 18.3 Å². The first-order valence-electron chi connectivity index (χ1n) is 16.5. The van der Waals surface area contributed by atoms with Gasteiger partial charge in [-0.25, -0.2) is 0 Å². The van der Waals surface area contributed by atoms with Gasteiger partial charge in [-0.2, -0.15) is 0 Å². The summed E-state index contributed by atoms with van der Waals surface area (Å²) in [5.74, 6) is 5.46. The van der Waals surface area contributed by atoms with Crippen molar-refractivity contribution in [1.82, 2.24) is 0 Å². The van der Waals surface area contributed by atoms with E-state index in [1.54, 1.807) is 5.57 Å². The minimum atomic E-state index is -0.263. The predicted molar refractivity (Wildman–Crippen MR) is 158 cm³/mol. The second-order valence-electron chi connectivity index (χ2n) is 14.7. The number of ether oxygens (including phenoxy) is 2. The Hall–Kier alpha value is -1.32. The molecule has 4 heteroatoms. The van der Waals surface area contributed by atoms with E-state index >= 15 is 0 Å². The van der Waals surface area contributed by atoms with E-state index in [1.165, 1.54) is 58.5 Å². The summed E-state index contributed by atoms with van der Waals surface area (Å²) in [6, 6.07) is 0. The van der Waals surface area contributed by atoms with Gasteiger partial charge in [0.05, 0.1) is 7.11 Å². The van der Waals surface area contributed by atoms with Gasteiger partial charge in [-0.1, -0.05) is 66.0 Å². The number of rotatable bonds is 11. The van der Waals surface area contributed by atoms with Crippen molar-refractivity contribution in [1.29, 1.82) is 0 Å². The van der Waals surface area contributed by atoms with Crippen LogP contribution in [0.4, 0.5) is 0 Å². The molecular formula is C35H58O4. The van der Waals surface area contributed by atoms with Crippen molar-refractivity contribution in [2.45, 2.75) is 138 Å². The van der Waals surface area contributed by atoms with Crippen LogP contribution in [0, 0.1) is 52.3 Å². The summed E-state index contributed by atoms with van der Waals surface area (Å²) in [5, 5.41) is 0. The fourth-order valence-electron chi connectivity index (χ4n) is 10.1. The number of hydrogen-bond donors (Lipinski definition) is 0. The van der Waals surface area contributed by atoms with Crippen molar-refractivity contribution in [2.75, 3.05) is 7.11 Å². The maximum Gasteiger partial charge on any atom is 0.306 e. The Morgan fingerprint density at radius 1 is 0.974 bits per heavy atom. The first-order chi connectivity index (χ1) is 18.5. The first kappa shape index (κ1) is 30.6. The van der Waals surface area contributed by atoms with Crippen LogP contribution in [0.25, 0.3) is 0 Å². The summed E-state index contributed by atoms with van der Waals surface area (Å²) >= 11 is 0. The van der Waals surface area contributed by atoms with Crippen LogP contribution in [-0.4, -0.2) is 25.2 Å². The van der Waals surface area contributed by atoms with Crippen molar-refractivity contribution in [2.24, 2.45) is 52.3 Å². The van der Waals surface area contributed by atoms with E-state index in [2.05, 4.69) is 52.4 Å². The van der Waals surface area contributed by atoms with E-state index in [0.717, 1.165) is 60.7 Å². The van der Waals surface area contributed by atoms with E-state index in [9.17, 15) is 9.59 Å². The Bertz CT molecular complexity index is 891. The summed E-state index contributed by atoms with van der Waals surface area (Å²) in [7, 11) is 1.39. The molecule has 4 aliphatic rings. The molecule has 0 radical (unpaired) electrons. The zero-order valence-corrected chi connectivity index (χ0v) is 26.2. The van der Waals surface area contributed by atoms with Crippen molar-refractivity contribution >= 4 is 11.9 Å². The van der Waals surface area contributed by atoms with Gasteiger partial charge in [-0.3, -0.25) is 9.59 Å². The monoisotopic (exact) mass is 542 g/mol. The van der Waals surface area contributed by atoms with E-state index in [-0.39, 0.29) is 29.9 Å². The van der Waals surface area contributed by atoms with Gasteiger partial charge in [0.15, 0.2) is 0 Å². The van der Waals surface area contributed by atoms with Gasteiger partial charge in [-0.15, -0.1) is 0 Å². The van der Waals surface area contributed by atoms with Crippen LogP contribution >= 0.6 is 0 Å². The number of methoxy groups -OCH3 is 1. The third kappa shape index (κ3) is 6.30. The smallest absolute Gasteiger partial charge is 0.306 e. The van der Waals surface area contributed by atoms with Gasteiger partial charge < -0.3 is 9.47 Å². The molecule has 3 saturated carbocycles. The average Bonchev–Trinajstić information content (AvgIpc) is 3.26. The van der Waals surface area contributed by atoms with Crippen LogP contribution in [0.2, 0.25) is 0 Å². The molecule has 0 spiro atoms. The number of carbonyl (C=O) groups is 2. The zero-order valence-electron chi connectivity index (χ0n) is 26.2. The van der Waals surface area contributed by atoms with E-state index in [1.807, 2.05) is 0 Å². The lowest BCUT2D eigenvalue weighted by molar-refractivity contribution is -0.151. The molecule has 0 bridgehead atoms. The van der Waals surface area contributed by atoms with Gasteiger partial charge in [0.2, 0.25) is 0 Å². The molecule has 4 aliphatic carbocycles. The number of allylic oxidation sites excluding steroid dienone is 1. The molecule has 0 amide bonds. The highest BCUT2D eigenvalue weighted by Gasteiger charge is 2.59. The third-order valence-corrected chi connectivity index (χ3v) is 12.6. The molecule has 0 N–H and O–H groups in total. The van der Waals surface area contributed by atoms with Crippen LogP contribution in [-0.2, 0) is 19.1 Å². The molecule has 0 aliphatic heterocycles. The van der Waals surface area contributed by atoms with Crippen LogP contribution < -0.4 is 0 Å². The standard InChI is InChI=1S/C35H58O4/c1-8-25(23(2)3)13-12-24(4)29-16-17-30-28-15-14-26-22-27(39-33(37)11-9-10-32(36)38-7)18-20-34(26,5)31(28)19-21-35(29,30)6/h14,23-25,27-31H,8-13,15-22H2,1-7H3/t24-,25-,27+,28?,29-,30?,31?,34+,35-/m1/s1. The summed E-state index contributed by atoms with van der Waals surface area (Å²) in [5.41, 5.74) is 2.35. The Morgan fingerprint density at radius 2 is 1.72 bits per heavy atom. The fourth-order valence-corrected chi connectivity index (χ4v) is 10.1. The fraction of sp³-hybridized carbons (Fsp3) is 0.886. The van der Waals surface area contributed by atoms with Crippen LogP contribution in [0.5, 0.6) is 0 Å². The van der Waals surface area contributed by atoms with Gasteiger partial charge in [0, 0.05) is 19.3 Å². The third-order valence-electron chi connectivity index (χ3n) is 12.6. The lowest BCUT2D eigenvalue weighted by Gasteiger charge is -2.58. The van der Waals surface area contributed by atoms with Crippen LogP contribution in [0.15, 0.2) is 11.6 Å². The summed E-state index contributed by atoms with van der Waals surface area (Å²) < 4.78 is 10.6. The highest BCUT2D eigenvalue weighted by atomic mass is 16.5. The van der Waals surface area contributed by atoms with Crippen molar-refractivity contribution in [3.05, 3.63) is 11.6 Å². The minimum absolute atomic E-state index is 0.00476. The van der Waals surface area contributed by atoms with Crippen LogP contribution in [0.3, 0.4) is 0 Å². The molecule has 0 aromatic heterocycles. The Balaban J connectivity index is 1.36. The molecule has 0 aromatic rings. The van der Waals surface area contributed by atoms with Crippen molar-refractivity contribution in [3.63, 3.8) is 0 Å². The molecule has 3 fully saturated rings. The number of hydrogen-bond acceptors (Lipinski definition) is 4. The molecule has 0 heterocycles. The van der Waals surface area contributed by atoms with Crippen molar-refractivity contribution in [3.8, 4) is 0 Å². The first-order valence-corrected chi connectivity index (χ1v) is 16.5. The largest absolute Gasteiger partial charge is 0.469 e. The predicted octanol–water partition coefficient (Wildman–Crippen LogP) is 8.92. The Kier molecular flexibility index (Phi) is 9.96. The maximum atomic E-state index is 12.4. The number of fused-ring (bicyclic) bond motifs is 5. The SMILES string of the molecule is CC[C@H](CC[C@@H](C)[C@H]1CCC2C3CC=C4C[C@@H](OC(=O)CCCC(=O)OC)CC[C@]4(C)C3CC[C@@]21C)C(C)C. The number of carbonyl (C=O) groups excluding carboxylic acids is 2. The van der Waals surface area contributed by atoms with E-state index in [4.69, 9.17) is 4.74 Å². The summed E-state index contributed by atoms with van der Waals surface area (Å²) in [4.78, 5) is 23.8.